The van der Waals surface area contributed by atoms with Crippen molar-refractivity contribution in [3.8, 4) is 0 Å². The number of aliphatic hydroxyl groups is 1. The van der Waals surface area contributed by atoms with Crippen LogP contribution >= 0.6 is 0 Å². The van der Waals surface area contributed by atoms with Gasteiger partial charge in [0, 0.05) is 25.2 Å². The number of hydrogen-bond donors (Lipinski definition) is 2. The van der Waals surface area contributed by atoms with E-state index < -0.39 is 0 Å². The van der Waals surface area contributed by atoms with Crippen molar-refractivity contribution in [1.82, 2.24) is 10.2 Å². The number of aliphatic hydroxyl groups excluding tert-OH is 1. The van der Waals surface area contributed by atoms with Crippen LogP contribution in [0, 0.1) is 5.92 Å². The van der Waals surface area contributed by atoms with Crippen molar-refractivity contribution in [1.29, 1.82) is 0 Å². The predicted octanol–water partition coefficient (Wildman–Crippen LogP) is 1.71. The molecule has 2 atom stereocenters. The molecule has 0 amide bonds. The smallest absolute Gasteiger partial charge is 0.0597 e. The van der Waals surface area contributed by atoms with Gasteiger partial charge in [0.25, 0.3) is 0 Å². The van der Waals surface area contributed by atoms with Crippen LogP contribution in [0.2, 0.25) is 0 Å². The van der Waals surface area contributed by atoms with E-state index in [0.717, 1.165) is 25.6 Å². The van der Waals surface area contributed by atoms with Gasteiger partial charge in [-0.2, -0.15) is 0 Å². The SMILES string of the molecule is CCC(C)CN(CC)CC(CO)NC(C)C. The van der Waals surface area contributed by atoms with E-state index in [0.29, 0.717) is 6.04 Å². The van der Waals surface area contributed by atoms with Crippen molar-refractivity contribution in [3.63, 3.8) is 0 Å². The largest absolute Gasteiger partial charge is 0.395 e. The molecular weight excluding hydrogens is 200 g/mol. The lowest BCUT2D eigenvalue weighted by Gasteiger charge is -2.29. The Labute approximate surface area is 101 Å². The monoisotopic (exact) mass is 230 g/mol. The van der Waals surface area contributed by atoms with Crippen LogP contribution in [0.1, 0.15) is 41.0 Å². The predicted molar refractivity (Wildman–Crippen MR) is 70.7 cm³/mol. The quantitative estimate of drug-likeness (QED) is 0.633. The summed E-state index contributed by atoms with van der Waals surface area (Å²) in [6.45, 7) is 14.3. The molecule has 16 heavy (non-hydrogen) atoms. The average Bonchev–Trinajstić information content (AvgIpc) is 2.25. The molecule has 3 nitrogen and oxygen atoms in total. The third-order valence-corrected chi connectivity index (χ3v) is 2.98. The number of nitrogens with zero attached hydrogens (tertiary/aromatic N) is 1. The maximum absolute atomic E-state index is 9.32. The van der Waals surface area contributed by atoms with Crippen LogP contribution in [0.25, 0.3) is 0 Å². The van der Waals surface area contributed by atoms with Gasteiger partial charge >= 0.3 is 0 Å². The Morgan fingerprint density at radius 2 is 1.75 bits per heavy atom. The van der Waals surface area contributed by atoms with Crippen molar-refractivity contribution >= 4 is 0 Å². The summed E-state index contributed by atoms with van der Waals surface area (Å²) >= 11 is 0. The Morgan fingerprint density at radius 1 is 1.12 bits per heavy atom. The molecule has 0 aliphatic carbocycles. The van der Waals surface area contributed by atoms with Gasteiger partial charge in [-0.15, -0.1) is 0 Å². The maximum atomic E-state index is 9.32. The van der Waals surface area contributed by atoms with Crippen LogP contribution in [0.3, 0.4) is 0 Å². The summed E-state index contributed by atoms with van der Waals surface area (Å²) in [5, 5.41) is 12.7. The average molecular weight is 230 g/mol. The summed E-state index contributed by atoms with van der Waals surface area (Å²) in [6.07, 6.45) is 1.22. The number of likely N-dealkylation sites (N-methyl/N-ethyl adjacent to an activating group) is 1. The van der Waals surface area contributed by atoms with Crippen LogP contribution in [-0.2, 0) is 0 Å². The zero-order chi connectivity index (χ0) is 12.6. The molecule has 0 spiro atoms. The van der Waals surface area contributed by atoms with Crippen LogP contribution < -0.4 is 5.32 Å². The summed E-state index contributed by atoms with van der Waals surface area (Å²) in [4.78, 5) is 2.42. The molecule has 0 saturated heterocycles. The molecule has 0 heterocycles. The minimum Gasteiger partial charge on any atom is -0.395 e. The van der Waals surface area contributed by atoms with E-state index in [1.807, 2.05) is 0 Å². The van der Waals surface area contributed by atoms with Crippen molar-refractivity contribution in [2.24, 2.45) is 5.92 Å². The van der Waals surface area contributed by atoms with Gasteiger partial charge in [0.2, 0.25) is 0 Å². The van der Waals surface area contributed by atoms with Gasteiger partial charge in [0.15, 0.2) is 0 Å². The van der Waals surface area contributed by atoms with E-state index in [1.54, 1.807) is 0 Å². The first-order chi connectivity index (χ1) is 7.53. The standard InChI is InChI=1S/C13H30N2O/c1-6-12(5)8-15(7-2)9-13(10-16)14-11(3)4/h11-14,16H,6-10H2,1-5H3. The zero-order valence-electron chi connectivity index (χ0n) is 11.7. The molecule has 0 aromatic carbocycles. The first-order valence-electron chi connectivity index (χ1n) is 6.62. The maximum Gasteiger partial charge on any atom is 0.0597 e. The molecule has 0 rings (SSSR count). The Balaban J connectivity index is 4.05. The fourth-order valence-electron chi connectivity index (χ4n) is 1.85. The van der Waals surface area contributed by atoms with Crippen molar-refractivity contribution in [3.05, 3.63) is 0 Å². The van der Waals surface area contributed by atoms with Crippen molar-refractivity contribution in [2.45, 2.75) is 53.1 Å². The van der Waals surface area contributed by atoms with E-state index in [2.05, 4.69) is 44.8 Å². The van der Waals surface area contributed by atoms with Crippen molar-refractivity contribution in [2.75, 3.05) is 26.2 Å². The van der Waals surface area contributed by atoms with E-state index in [1.165, 1.54) is 6.42 Å². The highest BCUT2D eigenvalue weighted by Gasteiger charge is 2.14. The third-order valence-electron chi connectivity index (χ3n) is 2.98. The highest BCUT2D eigenvalue weighted by molar-refractivity contribution is 4.73. The summed E-state index contributed by atoms with van der Waals surface area (Å²) in [5.41, 5.74) is 0. The van der Waals surface area contributed by atoms with Gasteiger partial charge < -0.3 is 15.3 Å². The second-order valence-corrected chi connectivity index (χ2v) is 5.07. The van der Waals surface area contributed by atoms with Crippen LogP contribution in [0.4, 0.5) is 0 Å². The van der Waals surface area contributed by atoms with Crippen LogP contribution in [0.15, 0.2) is 0 Å². The molecule has 98 valence electrons. The molecule has 0 bridgehead atoms. The third kappa shape index (κ3) is 7.20. The minimum atomic E-state index is 0.198. The molecular formula is C13H30N2O. The molecule has 2 N–H and O–H groups in total. The van der Waals surface area contributed by atoms with E-state index in [-0.39, 0.29) is 12.6 Å². The first kappa shape index (κ1) is 15.9. The molecule has 0 fully saturated rings. The lowest BCUT2D eigenvalue weighted by Crippen LogP contribution is -2.46. The Hall–Kier alpha value is -0.120. The van der Waals surface area contributed by atoms with Crippen LogP contribution in [-0.4, -0.2) is 48.3 Å². The topological polar surface area (TPSA) is 35.5 Å². The second-order valence-electron chi connectivity index (χ2n) is 5.07. The number of hydrogen-bond acceptors (Lipinski definition) is 3. The van der Waals surface area contributed by atoms with E-state index >= 15 is 0 Å². The van der Waals surface area contributed by atoms with Gasteiger partial charge in [0.05, 0.1) is 6.61 Å². The van der Waals surface area contributed by atoms with E-state index in [4.69, 9.17) is 0 Å². The lowest BCUT2D eigenvalue weighted by atomic mass is 10.1. The summed E-state index contributed by atoms with van der Waals surface area (Å²) in [6, 6.07) is 0.628. The first-order valence-corrected chi connectivity index (χ1v) is 6.62. The molecule has 0 aromatic heterocycles. The molecule has 0 saturated carbocycles. The summed E-state index contributed by atoms with van der Waals surface area (Å²) in [7, 11) is 0. The second kappa shape index (κ2) is 8.97. The number of rotatable bonds is 9. The van der Waals surface area contributed by atoms with Crippen LogP contribution in [0.5, 0.6) is 0 Å². The zero-order valence-corrected chi connectivity index (χ0v) is 11.7. The highest BCUT2D eigenvalue weighted by Crippen LogP contribution is 2.05. The van der Waals surface area contributed by atoms with Gasteiger partial charge in [-0.25, -0.2) is 0 Å². The highest BCUT2D eigenvalue weighted by atomic mass is 16.3. The lowest BCUT2D eigenvalue weighted by molar-refractivity contribution is 0.166. The van der Waals surface area contributed by atoms with Gasteiger partial charge in [0.1, 0.15) is 0 Å². The van der Waals surface area contributed by atoms with Crippen molar-refractivity contribution < 1.29 is 5.11 Å². The summed E-state index contributed by atoms with van der Waals surface area (Å²) in [5.74, 6) is 0.735. The van der Waals surface area contributed by atoms with Gasteiger partial charge in [-0.1, -0.05) is 41.0 Å². The number of nitrogens with one attached hydrogen (secondary N) is 1. The molecule has 0 aromatic rings. The molecule has 3 heteroatoms. The fourth-order valence-corrected chi connectivity index (χ4v) is 1.85. The minimum absolute atomic E-state index is 0.198. The van der Waals surface area contributed by atoms with Gasteiger partial charge in [-0.3, -0.25) is 0 Å². The molecule has 2 unspecified atom stereocenters. The molecule has 0 aliphatic heterocycles. The summed E-state index contributed by atoms with van der Waals surface area (Å²) < 4.78 is 0. The normalized spacial score (nSPS) is 15.8. The van der Waals surface area contributed by atoms with E-state index in [9.17, 15) is 5.11 Å². The Morgan fingerprint density at radius 3 is 2.12 bits per heavy atom. The molecule has 0 aliphatic rings. The molecule has 0 radical (unpaired) electrons. The Kier molecular flexibility index (Phi) is 8.90. The van der Waals surface area contributed by atoms with Gasteiger partial charge in [-0.05, 0) is 12.5 Å². The fraction of sp³-hybridized carbons (Fsp3) is 1.00. The Bertz CT molecular complexity index is 162.